The third kappa shape index (κ3) is 4.28. The number of nitrogens with zero attached hydrogens (tertiary/aromatic N) is 2. The fraction of sp³-hybridized carbons (Fsp3) is 0.435. The summed E-state index contributed by atoms with van der Waals surface area (Å²) in [5.74, 6) is -4.66. The summed E-state index contributed by atoms with van der Waals surface area (Å²) in [6.45, 7) is 3.20. The second-order valence-electron chi connectivity index (χ2n) is 9.07. The van der Waals surface area contributed by atoms with Crippen molar-refractivity contribution < 1.29 is 44.4 Å². The Morgan fingerprint density at radius 3 is 2.42 bits per heavy atom. The third-order valence-corrected chi connectivity index (χ3v) is 8.29. The number of benzene rings is 1. The Morgan fingerprint density at radius 1 is 1.14 bits per heavy atom. The highest BCUT2D eigenvalue weighted by molar-refractivity contribution is 8.03. The minimum absolute atomic E-state index is 0.0409. The van der Waals surface area contributed by atoms with Crippen molar-refractivity contribution >= 4 is 47.3 Å². The molecule has 192 valence electrons. The number of aliphatic hydroxyl groups excluding tert-OH is 1. The molecule has 3 aliphatic rings. The van der Waals surface area contributed by atoms with Crippen LogP contribution < -0.4 is 5.32 Å². The van der Waals surface area contributed by atoms with Crippen molar-refractivity contribution in [1.82, 2.24) is 9.80 Å². The number of aromatic carboxylic acids is 1. The number of carboxylic acids is 2. The van der Waals surface area contributed by atoms with E-state index < -0.39 is 59.2 Å². The molecular formula is C23H25N3O9S. The van der Waals surface area contributed by atoms with Crippen molar-refractivity contribution in [3.63, 3.8) is 0 Å². The van der Waals surface area contributed by atoms with E-state index >= 15 is 0 Å². The van der Waals surface area contributed by atoms with Crippen LogP contribution in [-0.4, -0.2) is 90.1 Å². The Kier molecular flexibility index (Phi) is 6.71. The number of β-lactam (4-membered cyclic amide) rings is 1. The molecule has 13 heteroatoms. The predicted molar refractivity (Wildman–Crippen MR) is 126 cm³/mol. The Morgan fingerprint density at radius 2 is 1.83 bits per heavy atom. The zero-order chi connectivity index (χ0) is 26.5. The quantitative estimate of drug-likeness (QED) is 0.329. The smallest absolute Gasteiger partial charge is 0.408 e. The van der Waals surface area contributed by atoms with E-state index in [2.05, 4.69) is 5.32 Å². The number of carbonyl (C=O) groups is 5. The number of nitrogens with one attached hydrogen (secondary N) is 1. The zero-order valence-corrected chi connectivity index (χ0v) is 20.1. The summed E-state index contributed by atoms with van der Waals surface area (Å²) in [5, 5.41) is 40.7. The number of likely N-dealkylation sites (tertiary alicyclic amines) is 1. The van der Waals surface area contributed by atoms with E-state index in [4.69, 9.17) is 5.11 Å². The highest BCUT2D eigenvalue weighted by Crippen LogP contribution is 2.52. The lowest BCUT2D eigenvalue weighted by atomic mass is 9.79. The molecule has 2 fully saturated rings. The number of hydrogen-bond donors (Lipinski definition) is 5. The molecule has 0 aromatic heterocycles. The molecule has 3 heterocycles. The van der Waals surface area contributed by atoms with Crippen LogP contribution in [0.4, 0.5) is 10.5 Å². The van der Waals surface area contributed by atoms with Gasteiger partial charge >= 0.3 is 18.0 Å². The van der Waals surface area contributed by atoms with Crippen molar-refractivity contribution in [2.45, 2.75) is 43.7 Å². The summed E-state index contributed by atoms with van der Waals surface area (Å²) >= 11 is 1.14. The third-order valence-electron chi connectivity index (χ3n) is 6.79. The van der Waals surface area contributed by atoms with E-state index in [1.54, 1.807) is 6.92 Å². The van der Waals surface area contributed by atoms with Crippen LogP contribution in [0.25, 0.3) is 0 Å². The molecule has 1 aromatic carbocycles. The topological polar surface area (TPSA) is 185 Å². The minimum Gasteiger partial charge on any atom is -0.478 e. The molecule has 5 N–H and O–H groups in total. The first kappa shape index (κ1) is 25.5. The van der Waals surface area contributed by atoms with Gasteiger partial charge in [-0.15, -0.1) is 11.8 Å². The van der Waals surface area contributed by atoms with Crippen molar-refractivity contribution in [2.24, 2.45) is 11.8 Å². The summed E-state index contributed by atoms with van der Waals surface area (Å²) in [4.78, 5) is 63.1. The first-order valence-corrected chi connectivity index (χ1v) is 12.1. The SMILES string of the molecule is CC(O)C1C(=O)N2C(C(=O)O)=C(SC3CC(C(=O)Nc4cccc(C(=O)O)c4)N(C(=O)O)C3)C(C)[C@H]12. The number of carboxylic acid groups (broad SMARTS) is 3. The summed E-state index contributed by atoms with van der Waals surface area (Å²) < 4.78 is 0. The monoisotopic (exact) mass is 519 g/mol. The van der Waals surface area contributed by atoms with Crippen LogP contribution in [0.15, 0.2) is 34.9 Å². The van der Waals surface area contributed by atoms with Crippen molar-refractivity contribution in [2.75, 3.05) is 11.9 Å². The van der Waals surface area contributed by atoms with Crippen LogP contribution >= 0.6 is 11.8 Å². The molecule has 2 saturated heterocycles. The Labute approximate surface area is 209 Å². The minimum atomic E-state index is -1.32. The lowest BCUT2D eigenvalue weighted by Gasteiger charge is -2.46. The molecule has 6 atom stereocenters. The van der Waals surface area contributed by atoms with Crippen molar-refractivity contribution in [3.05, 3.63) is 40.4 Å². The summed E-state index contributed by atoms with van der Waals surface area (Å²) in [6, 6.07) is 3.98. The van der Waals surface area contributed by atoms with Gasteiger partial charge in [-0.3, -0.25) is 14.5 Å². The first-order chi connectivity index (χ1) is 16.9. The highest BCUT2D eigenvalue weighted by Gasteiger charge is 2.60. The van der Waals surface area contributed by atoms with Gasteiger partial charge in [-0.1, -0.05) is 13.0 Å². The largest absolute Gasteiger partial charge is 0.478 e. The number of fused-ring (bicyclic) bond motifs is 1. The molecule has 0 spiro atoms. The molecule has 36 heavy (non-hydrogen) atoms. The number of carbonyl (C=O) groups excluding carboxylic acids is 2. The van der Waals surface area contributed by atoms with E-state index in [0.29, 0.717) is 4.91 Å². The fourth-order valence-electron chi connectivity index (χ4n) is 5.16. The lowest BCUT2D eigenvalue weighted by Crippen LogP contribution is -2.63. The molecular weight excluding hydrogens is 494 g/mol. The molecule has 3 aliphatic heterocycles. The van der Waals surface area contributed by atoms with Gasteiger partial charge in [0.15, 0.2) is 0 Å². The van der Waals surface area contributed by atoms with Gasteiger partial charge in [0.05, 0.1) is 23.6 Å². The van der Waals surface area contributed by atoms with Gasteiger partial charge in [0.25, 0.3) is 0 Å². The number of rotatable bonds is 7. The van der Waals surface area contributed by atoms with E-state index in [-0.39, 0.29) is 35.8 Å². The highest BCUT2D eigenvalue weighted by atomic mass is 32.2. The molecule has 0 radical (unpaired) electrons. The Hall–Kier alpha value is -3.58. The van der Waals surface area contributed by atoms with Gasteiger partial charge in [-0.2, -0.15) is 0 Å². The second-order valence-corrected chi connectivity index (χ2v) is 10.4. The van der Waals surface area contributed by atoms with Crippen LogP contribution in [0, 0.1) is 11.8 Å². The average Bonchev–Trinajstić information content (AvgIpc) is 3.32. The summed E-state index contributed by atoms with van der Waals surface area (Å²) in [5.41, 5.74) is -0.00544. The van der Waals surface area contributed by atoms with Crippen LogP contribution in [0.3, 0.4) is 0 Å². The van der Waals surface area contributed by atoms with Crippen LogP contribution in [0.2, 0.25) is 0 Å². The van der Waals surface area contributed by atoms with Gasteiger partial charge in [0.2, 0.25) is 11.8 Å². The maximum absolute atomic E-state index is 12.9. The summed E-state index contributed by atoms with van der Waals surface area (Å²) in [6.07, 6.45) is -2.18. The van der Waals surface area contributed by atoms with E-state index in [1.807, 2.05) is 0 Å². The lowest BCUT2D eigenvalue weighted by molar-refractivity contribution is -0.163. The molecule has 0 aliphatic carbocycles. The Balaban J connectivity index is 1.53. The number of aliphatic carboxylic acids is 1. The zero-order valence-electron chi connectivity index (χ0n) is 19.3. The maximum atomic E-state index is 12.9. The van der Waals surface area contributed by atoms with Gasteiger partial charge < -0.3 is 30.6 Å². The number of thioether (sulfide) groups is 1. The number of amides is 3. The predicted octanol–water partition coefficient (Wildman–Crippen LogP) is 1.33. The maximum Gasteiger partial charge on any atom is 0.408 e. The molecule has 3 amide bonds. The van der Waals surface area contributed by atoms with E-state index in [9.17, 15) is 39.3 Å². The number of anilines is 1. The van der Waals surface area contributed by atoms with Gasteiger partial charge in [0.1, 0.15) is 11.7 Å². The standard InChI is InChI=1S/C23H25N3O9S/c1-9-16-15(10(2)27)20(29)26(16)17(22(32)33)18(9)36-13-7-14(25(8-13)23(34)35)19(28)24-12-5-3-4-11(6-12)21(30)31/h3-6,9-10,13-16,27H,7-8H2,1-2H3,(H,24,28)(H,30,31)(H,32,33)(H,34,35)/t9?,10?,13?,14?,15?,16-/m1/s1. The second kappa shape index (κ2) is 9.47. The van der Waals surface area contributed by atoms with Gasteiger partial charge in [0, 0.05) is 28.3 Å². The van der Waals surface area contributed by atoms with Gasteiger partial charge in [-0.05, 0) is 31.5 Å². The fourth-order valence-corrected chi connectivity index (χ4v) is 6.68. The molecule has 4 rings (SSSR count). The van der Waals surface area contributed by atoms with Crippen molar-refractivity contribution in [3.8, 4) is 0 Å². The normalized spacial score (nSPS) is 28.0. The van der Waals surface area contributed by atoms with Crippen LogP contribution in [0.1, 0.15) is 30.6 Å². The first-order valence-electron chi connectivity index (χ1n) is 11.2. The molecule has 12 nitrogen and oxygen atoms in total. The molecule has 1 aromatic rings. The van der Waals surface area contributed by atoms with Crippen LogP contribution in [-0.2, 0) is 14.4 Å². The Bertz CT molecular complexity index is 1180. The number of aliphatic hydroxyl groups is 1. The van der Waals surface area contributed by atoms with Crippen molar-refractivity contribution in [1.29, 1.82) is 0 Å². The van der Waals surface area contributed by atoms with Gasteiger partial charge in [-0.25, -0.2) is 14.4 Å². The molecule has 0 saturated carbocycles. The van der Waals surface area contributed by atoms with Crippen LogP contribution in [0.5, 0.6) is 0 Å². The summed E-state index contributed by atoms with van der Waals surface area (Å²) in [7, 11) is 0. The molecule has 5 unspecified atom stereocenters. The molecule has 0 bridgehead atoms. The number of hydrogen-bond acceptors (Lipinski definition) is 7. The van der Waals surface area contributed by atoms with E-state index in [1.165, 1.54) is 36.1 Å². The average molecular weight is 520 g/mol. The van der Waals surface area contributed by atoms with E-state index in [0.717, 1.165) is 16.7 Å².